The Labute approximate surface area is 161 Å². The molecule has 0 bridgehead atoms. The maximum Gasteiger partial charge on any atom is 0.341 e. The zero-order chi connectivity index (χ0) is 19.8. The van der Waals surface area contributed by atoms with Crippen LogP contribution in [0.2, 0.25) is 0 Å². The summed E-state index contributed by atoms with van der Waals surface area (Å²) < 4.78 is 5.61. The van der Waals surface area contributed by atoms with E-state index in [2.05, 4.69) is 20.3 Å². The number of ether oxygens (including phenoxy) is 1. The molecule has 1 N–H and O–H groups in total. The molecular formula is C19H22N4O3S. The van der Waals surface area contributed by atoms with E-state index in [1.165, 1.54) is 11.3 Å². The molecule has 1 aliphatic rings. The van der Waals surface area contributed by atoms with E-state index in [-0.39, 0.29) is 17.4 Å². The number of aliphatic imine (C=N–C) groups is 1. The Morgan fingerprint density at radius 2 is 2.04 bits per heavy atom. The third-order valence-corrected chi connectivity index (χ3v) is 5.97. The maximum atomic E-state index is 12.8. The summed E-state index contributed by atoms with van der Waals surface area (Å²) in [6.07, 6.45) is 1.13. The van der Waals surface area contributed by atoms with E-state index in [1.54, 1.807) is 37.7 Å². The summed E-state index contributed by atoms with van der Waals surface area (Å²) in [4.78, 5) is 38.6. The average molecular weight is 386 g/mol. The molecule has 8 heteroatoms. The molecule has 0 aromatic carbocycles. The second-order valence-electron chi connectivity index (χ2n) is 7.00. The molecule has 2 aromatic heterocycles. The summed E-state index contributed by atoms with van der Waals surface area (Å²) in [5.74, 6) is -0.468. The first-order chi connectivity index (χ1) is 12.7. The van der Waals surface area contributed by atoms with Crippen molar-refractivity contribution < 1.29 is 14.3 Å². The van der Waals surface area contributed by atoms with Gasteiger partial charge in [0.1, 0.15) is 17.3 Å². The van der Waals surface area contributed by atoms with Gasteiger partial charge in [0.2, 0.25) is 0 Å². The SMILES string of the molecule is Cc1ncsc1C(C)OC(=O)c1cccnc1C1=NC(=O)C(C)(C(C)C)N1. The zero-order valence-electron chi connectivity index (χ0n) is 15.9. The van der Waals surface area contributed by atoms with Crippen LogP contribution in [-0.2, 0) is 9.53 Å². The third-order valence-electron chi connectivity index (χ3n) is 4.88. The fourth-order valence-electron chi connectivity index (χ4n) is 2.79. The highest BCUT2D eigenvalue weighted by atomic mass is 32.1. The molecule has 0 spiro atoms. The molecule has 3 heterocycles. The molecule has 142 valence electrons. The molecule has 0 aliphatic carbocycles. The number of amidine groups is 1. The lowest BCUT2D eigenvalue weighted by molar-refractivity contribution is -0.123. The minimum absolute atomic E-state index is 0.0275. The molecule has 27 heavy (non-hydrogen) atoms. The number of thiazole rings is 1. The molecule has 0 radical (unpaired) electrons. The van der Waals surface area contributed by atoms with Crippen LogP contribution < -0.4 is 5.32 Å². The number of esters is 1. The van der Waals surface area contributed by atoms with Crippen LogP contribution in [0.1, 0.15) is 60.4 Å². The van der Waals surface area contributed by atoms with E-state index in [4.69, 9.17) is 4.74 Å². The van der Waals surface area contributed by atoms with Crippen LogP contribution in [-0.4, -0.2) is 33.2 Å². The molecule has 1 aliphatic heterocycles. The lowest BCUT2D eigenvalue weighted by Gasteiger charge is -2.27. The quantitative estimate of drug-likeness (QED) is 0.794. The van der Waals surface area contributed by atoms with Gasteiger partial charge in [0.15, 0.2) is 5.84 Å². The Kier molecular flexibility index (Phi) is 5.10. The van der Waals surface area contributed by atoms with E-state index in [1.807, 2.05) is 20.8 Å². The molecule has 0 saturated heterocycles. The lowest BCUT2D eigenvalue weighted by Crippen LogP contribution is -2.50. The summed E-state index contributed by atoms with van der Waals surface area (Å²) >= 11 is 1.44. The maximum absolute atomic E-state index is 12.8. The van der Waals surface area contributed by atoms with Gasteiger partial charge in [0.25, 0.3) is 5.91 Å². The molecule has 7 nitrogen and oxygen atoms in total. The molecule has 2 unspecified atom stereocenters. The van der Waals surface area contributed by atoms with Crippen molar-refractivity contribution in [2.75, 3.05) is 0 Å². The van der Waals surface area contributed by atoms with Crippen LogP contribution in [0.4, 0.5) is 0 Å². The van der Waals surface area contributed by atoms with Gasteiger partial charge in [-0.2, -0.15) is 4.99 Å². The largest absolute Gasteiger partial charge is 0.453 e. The summed E-state index contributed by atoms with van der Waals surface area (Å²) in [5.41, 5.74) is 2.32. The molecule has 0 fully saturated rings. The second-order valence-corrected chi connectivity index (χ2v) is 7.88. The van der Waals surface area contributed by atoms with Crippen molar-refractivity contribution in [3.63, 3.8) is 0 Å². The van der Waals surface area contributed by atoms with Crippen molar-refractivity contribution >= 4 is 29.0 Å². The molecular weight excluding hydrogens is 364 g/mol. The van der Waals surface area contributed by atoms with Crippen LogP contribution in [0, 0.1) is 12.8 Å². The van der Waals surface area contributed by atoms with Gasteiger partial charge in [0.05, 0.1) is 21.6 Å². The highest BCUT2D eigenvalue weighted by Gasteiger charge is 2.43. The lowest BCUT2D eigenvalue weighted by atomic mass is 9.88. The number of aromatic nitrogens is 2. The predicted octanol–water partition coefficient (Wildman–Crippen LogP) is 3.06. The number of amides is 1. The van der Waals surface area contributed by atoms with E-state index in [9.17, 15) is 9.59 Å². The number of nitrogens with zero attached hydrogens (tertiary/aromatic N) is 3. The topological polar surface area (TPSA) is 93.5 Å². The van der Waals surface area contributed by atoms with Crippen LogP contribution in [0.25, 0.3) is 0 Å². The Hall–Kier alpha value is -2.61. The molecule has 2 atom stereocenters. The van der Waals surface area contributed by atoms with E-state index in [0.717, 1.165) is 10.6 Å². The van der Waals surface area contributed by atoms with E-state index < -0.39 is 17.6 Å². The third kappa shape index (κ3) is 3.49. The first-order valence-electron chi connectivity index (χ1n) is 8.71. The van der Waals surface area contributed by atoms with E-state index >= 15 is 0 Å². The van der Waals surface area contributed by atoms with Gasteiger partial charge < -0.3 is 10.1 Å². The number of pyridine rings is 1. The fourth-order valence-corrected chi connectivity index (χ4v) is 3.57. The Morgan fingerprint density at radius 3 is 2.63 bits per heavy atom. The monoisotopic (exact) mass is 386 g/mol. The van der Waals surface area contributed by atoms with Crippen molar-refractivity contribution in [1.29, 1.82) is 0 Å². The summed E-state index contributed by atoms with van der Waals surface area (Å²) in [7, 11) is 0. The number of aryl methyl sites for hydroxylation is 1. The van der Waals surface area contributed by atoms with Gasteiger partial charge >= 0.3 is 5.97 Å². The Bertz CT molecular complexity index is 921. The minimum Gasteiger partial charge on any atom is -0.453 e. The van der Waals surface area contributed by atoms with Crippen molar-refractivity contribution in [3.05, 3.63) is 45.7 Å². The first-order valence-corrected chi connectivity index (χ1v) is 9.59. The average Bonchev–Trinajstić information content (AvgIpc) is 3.19. The van der Waals surface area contributed by atoms with Crippen molar-refractivity contribution in [2.45, 2.75) is 46.3 Å². The number of carbonyl (C=O) groups excluding carboxylic acids is 2. The van der Waals surface area contributed by atoms with Crippen LogP contribution in [0.15, 0.2) is 28.8 Å². The van der Waals surface area contributed by atoms with Crippen LogP contribution in [0.5, 0.6) is 0 Å². The summed E-state index contributed by atoms with van der Waals surface area (Å²) in [5, 5.41) is 3.14. The Morgan fingerprint density at radius 1 is 1.30 bits per heavy atom. The highest BCUT2D eigenvalue weighted by molar-refractivity contribution is 7.09. The van der Waals surface area contributed by atoms with Crippen molar-refractivity contribution in [2.24, 2.45) is 10.9 Å². The number of nitrogens with one attached hydrogen (secondary N) is 1. The van der Waals surface area contributed by atoms with Gasteiger partial charge in [0, 0.05) is 6.20 Å². The second kappa shape index (κ2) is 7.19. The predicted molar refractivity (Wildman–Crippen MR) is 103 cm³/mol. The molecule has 1 amide bonds. The standard InChI is InChI=1S/C19H22N4O3S/c1-10(2)19(5)18(25)22-16(23-19)14-13(7-6-8-20-14)17(24)26-12(4)15-11(3)21-9-27-15/h6-10,12H,1-5H3,(H,22,23,25). The highest BCUT2D eigenvalue weighted by Crippen LogP contribution is 2.27. The van der Waals surface area contributed by atoms with Crippen LogP contribution in [0.3, 0.4) is 0 Å². The number of carbonyl (C=O) groups is 2. The molecule has 2 aromatic rings. The van der Waals surface area contributed by atoms with E-state index in [0.29, 0.717) is 11.5 Å². The van der Waals surface area contributed by atoms with Gasteiger partial charge in [-0.15, -0.1) is 11.3 Å². The van der Waals surface area contributed by atoms with Gasteiger partial charge in [-0.3, -0.25) is 9.78 Å². The summed E-state index contributed by atoms with van der Waals surface area (Å²) in [6.45, 7) is 9.36. The molecule has 0 saturated carbocycles. The smallest absolute Gasteiger partial charge is 0.341 e. The number of rotatable bonds is 5. The number of hydrogen-bond donors (Lipinski definition) is 1. The normalized spacial score (nSPS) is 20.4. The zero-order valence-corrected chi connectivity index (χ0v) is 16.8. The minimum atomic E-state index is -0.818. The first kappa shape index (κ1) is 19.2. The van der Waals surface area contributed by atoms with Crippen molar-refractivity contribution in [3.8, 4) is 0 Å². The number of hydrogen-bond acceptors (Lipinski definition) is 7. The van der Waals surface area contributed by atoms with Gasteiger partial charge in [-0.1, -0.05) is 13.8 Å². The fraction of sp³-hybridized carbons (Fsp3) is 0.421. The van der Waals surface area contributed by atoms with Gasteiger partial charge in [-0.05, 0) is 38.8 Å². The van der Waals surface area contributed by atoms with Crippen molar-refractivity contribution in [1.82, 2.24) is 15.3 Å². The Balaban J connectivity index is 1.87. The van der Waals surface area contributed by atoms with Gasteiger partial charge in [-0.25, -0.2) is 9.78 Å². The van der Waals surface area contributed by atoms with Crippen LogP contribution >= 0.6 is 11.3 Å². The molecule has 3 rings (SSSR count). The summed E-state index contributed by atoms with van der Waals surface area (Å²) in [6, 6.07) is 3.28.